The molecule has 3 aliphatic rings. The van der Waals surface area contributed by atoms with E-state index in [1.54, 1.807) is 28.2 Å². The molecule has 22 heavy (non-hydrogen) atoms. The highest BCUT2D eigenvalue weighted by Gasteiger charge is 2.33. The molecule has 0 bridgehead atoms. The Morgan fingerprint density at radius 1 is 1.27 bits per heavy atom. The number of thiazole rings is 1. The summed E-state index contributed by atoms with van der Waals surface area (Å²) in [7, 11) is 1.74. The first-order chi connectivity index (χ1) is 10.7. The standard InChI is InChI=1S/C15H21N3O3S/c1-17-8-20-9-18(15(17)19)14-16-11-6-12(10-4-2-3-5-10)21-7-13(11)22-14/h10,12H,2-9H2,1H3. The van der Waals surface area contributed by atoms with Gasteiger partial charge in [-0.1, -0.05) is 24.2 Å². The first kappa shape index (κ1) is 14.4. The van der Waals surface area contributed by atoms with Gasteiger partial charge in [-0.3, -0.25) is 0 Å². The zero-order valence-electron chi connectivity index (χ0n) is 12.8. The Morgan fingerprint density at radius 2 is 2.09 bits per heavy atom. The molecular formula is C15H21N3O3S. The van der Waals surface area contributed by atoms with Crippen molar-refractivity contribution >= 4 is 22.5 Å². The second kappa shape index (κ2) is 5.79. The van der Waals surface area contributed by atoms with Crippen LogP contribution in [-0.4, -0.2) is 42.5 Å². The average molecular weight is 323 g/mol. The fourth-order valence-electron chi connectivity index (χ4n) is 3.54. The molecule has 0 aromatic carbocycles. The van der Waals surface area contributed by atoms with E-state index in [1.807, 2.05) is 0 Å². The first-order valence-electron chi connectivity index (χ1n) is 7.93. The minimum Gasteiger partial charge on any atom is -0.372 e. The van der Waals surface area contributed by atoms with E-state index in [1.165, 1.54) is 25.7 Å². The molecule has 0 N–H and O–H groups in total. The Kier molecular flexibility index (Phi) is 3.79. The minimum atomic E-state index is -0.0504. The summed E-state index contributed by atoms with van der Waals surface area (Å²) in [4.78, 5) is 21.3. The predicted molar refractivity (Wildman–Crippen MR) is 82.8 cm³/mol. The van der Waals surface area contributed by atoms with Gasteiger partial charge in [0.2, 0.25) is 0 Å². The molecule has 1 unspecified atom stereocenters. The molecule has 1 atom stereocenters. The lowest BCUT2D eigenvalue weighted by molar-refractivity contribution is -0.00730. The molecule has 0 spiro atoms. The van der Waals surface area contributed by atoms with E-state index >= 15 is 0 Å². The number of rotatable bonds is 2. The van der Waals surface area contributed by atoms with Gasteiger partial charge >= 0.3 is 6.03 Å². The van der Waals surface area contributed by atoms with Crippen molar-refractivity contribution in [3.63, 3.8) is 0 Å². The van der Waals surface area contributed by atoms with Crippen molar-refractivity contribution in [2.45, 2.75) is 44.8 Å². The highest BCUT2D eigenvalue weighted by atomic mass is 32.1. The van der Waals surface area contributed by atoms with Crippen LogP contribution in [0.4, 0.5) is 9.93 Å². The third-order valence-electron chi connectivity index (χ3n) is 4.81. The maximum Gasteiger partial charge on any atom is 0.329 e. The summed E-state index contributed by atoms with van der Waals surface area (Å²) in [5, 5.41) is 0.734. The van der Waals surface area contributed by atoms with E-state index in [4.69, 9.17) is 14.5 Å². The van der Waals surface area contributed by atoms with Crippen molar-refractivity contribution < 1.29 is 14.3 Å². The summed E-state index contributed by atoms with van der Waals surface area (Å²) in [6.07, 6.45) is 6.40. The van der Waals surface area contributed by atoms with Crippen molar-refractivity contribution in [2.24, 2.45) is 5.92 Å². The Morgan fingerprint density at radius 3 is 2.91 bits per heavy atom. The van der Waals surface area contributed by atoms with Gasteiger partial charge in [0, 0.05) is 13.5 Å². The molecule has 6 nitrogen and oxygen atoms in total. The normalized spacial score (nSPS) is 26.6. The van der Waals surface area contributed by atoms with Crippen molar-refractivity contribution in [1.82, 2.24) is 9.88 Å². The number of carbonyl (C=O) groups is 1. The van der Waals surface area contributed by atoms with Crippen molar-refractivity contribution in [3.8, 4) is 0 Å². The molecule has 1 saturated heterocycles. The smallest absolute Gasteiger partial charge is 0.329 e. The molecule has 2 amide bonds. The molecule has 4 rings (SSSR count). The third kappa shape index (κ3) is 2.51. The molecule has 1 aromatic heterocycles. The summed E-state index contributed by atoms with van der Waals surface area (Å²) in [6, 6.07) is -0.0504. The molecule has 2 aliphatic heterocycles. The monoisotopic (exact) mass is 323 g/mol. The molecule has 1 saturated carbocycles. The summed E-state index contributed by atoms with van der Waals surface area (Å²) < 4.78 is 11.5. The van der Waals surface area contributed by atoms with E-state index in [-0.39, 0.29) is 12.8 Å². The van der Waals surface area contributed by atoms with Gasteiger partial charge in [-0.25, -0.2) is 14.7 Å². The lowest BCUT2D eigenvalue weighted by Crippen LogP contribution is -2.48. The molecule has 1 aliphatic carbocycles. The van der Waals surface area contributed by atoms with Crippen LogP contribution in [0.1, 0.15) is 36.3 Å². The highest BCUT2D eigenvalue weighted by Crippen LogP contribution is 2.37. The summed E-state index contributed by atoms with van der Waals surface area (Å²) in [5.41, 5.74) is 1.11. The van der Waals surface area contributed by atoms with E-state index in [2.05, 4.69) is 0 Å². The van der Waals surface area contributed by atoms with Gasteiger partial charge in [0.15, 0.2) is 5.13 Å². The van der Waals surface area contributed by atoms with Crippen LogP contribution in [0.15, 0.2) is 0 Å². The Hall–Kier alpha value is -1.18. The fraction of sp³-hybridized carbons (Fsp3) is 0.733. The Bertz CT molecular complexity index is 570. The molecule has 1 aromatic rings. The lowest BCUT2D eigenvalue weighted by atomic mass is 9.95. The molecule has 0 radical (unpaired) electrons. The van der Waals surface area contributed by atoms with Crippen molar-refractivity contribution in [2.75, 3.05) is 25.4 Å². The average Bonchev–Trinajstić information content (AvgIpc) is 3.17. The van der Waals surface area contributed by atoms with Crippen LogP contribution in [0.5, 0.6) is 0 Å². The van der Waals surface area contributed by atoms with Crippen LogP contribution in [-0.2, 0) is 22.5 Å². The summed E-state index contributed by atoms with van der Waals surface area (Å²) in [6.45, 7) is 1.25. The topological polar surface area (TPSA) is 54.9 Å². The second-order valence-corrected chi connectivity index (χ2v) is 7.40. The van der Waals surface area contributed by atoms with E-state index in [0.717, 1.165) is 22.1 Å². The maximum absolute atomic E-state index is 12.2. The van der Waals surface area contributed by atoms with Gasteiger partial charge in [0.05, 0.1) is 23.3 Å². The zero-order chi connectivity index (χ0) is 15.1. The predicted octanol–water partition coefficient (Wildman–Crippen LogP) is 2.58. The van der Waals surface area contributed by atoms with Crippen LogP contribution in [0.3, 0.4) is 0 Å². The second-order valence-electron chi connectivity index (χ2n) is 6.34. The third-order valence-corrected chi connectivity index (χ3v) is 5.90. The SMILES string of the molecule is CN1COCN(c2nc3c(s2)COC(C2CCCC2)C3)C1=O. The minimum absolute atomic E-state index is 0.0504. The number of anilines is 1. The summed E-state index contributed by atoms with van der Waals surface area (Å²) in [5.74, 6) is 0.685. The quantitative estimate of drug-likeness (QED) is 0.839. The van der Waals surface area contributed by atoms with Gasteiger partial charge in [-0.15, -0.1) is 0 Å². The largest absolute Gasteiger partial charge is 0.372 e. The Labute approximate surface area is 134 Å². The first-order valence-corrected chi connectivity index (χ1v) is 8.74. The van der Waals surface area contributed by atoms with Gasteiger partial charge in [-0.05, 0) is 18.8 Å². The molecular weight excluding hydrogens is 302 g/mol. The van der Waals surface area contributed by atoms with Gasteiger partial charge in [-0.2, -0.15) is 0 Å². The van der Waals surface area contributed by atoms with E-state index < -0.39 is 0 Å². The molecule has 2 fully saturated rings. The number of hydrogen-bond donors (Lipinski definition) is 0. The van der Waals surface area contributed by atoms with Crippen molar-refractivity contribution in [1.29, 1.82) is 0 Å². The van der Waals surface area contributed by atoms with Gasteiger partial charge in [0.1, 0.15) is 13.5 Å². The number of amides is 2. The lowest BCUT2D eigenvalue weighted by Gasteiger charge is -2.31. The number of fused-ring (bicyclic) bond motifs is 1. The van der Waals surface area contributed by atoms with E-state index in [0.29, 0.717) is 25.4 Å². The molecule has 120 valence electrons. The maximum atomic E-state index is 12.2. The molecule has 7 heteroatoms. The fourth-order valence-corrected chi connectivity index (χ4v) is 4.54. The number of nitrogens with zero attached hydrogens (tertiary/aromatic N) is 3. The number of hydrogen-bond acceptors (Lipinski definition) is 5. The number of ether oxygens (including phenoxy) is 2. The van der Waals surface area contributed by atoms with Crippen LogP contribution >= 0.6 is 11.3 Å². The highest BCUT2D eigenvalue weighted by molar-refractivity contribution is 7.15. The van der Waals surface area contributed by atoms with E-state index in [9.17, 15) is 4.79 Å². The van der Waals surface area contributed by atoms with Crippen LogP contribution in [0.2, 0.25) is 0 Å². The van der Waals surface area contributed by atoms with Crippen LogP contribution in [0, 0.1) is 5.92 Å². The van der Waals surface area contributed by atoms with Crippen LogP contribution < -0.4 is 4.90 Å². The van der Waals surface area contributed by atoms with Crippen molar-refractivity contribution in [3.05, 3.63) is 10.6 Å². The number of carbonyl (C=O) groups excluding carboxylic acids is 1. The number of aromatic nitrogens is 1. The van der Waals surface area contributed by atoms with Crippen LogP contribution in [0.25, 0.3) is 0 Å². The Balaban J connectivity index is 1.52. The summed E-state index contributed by atoms with van der Waals surface area (Å²) >= 11 is 1.55. The van der Waals surface area contributed by atoms with Gasteiger partial charge in [0.25, 0.3) is 0 Å². The van der Waals surface area contributed by atoms with Gasteiger partial charge < -0.3 is 14.4 Å². The molecule has 3 heterocycles. The zero-order valence-corrected chi connectivity index (χ0v) is 13.6. The number of urea groups is 1.